The van der Waals surface area contributed by atoms with Crippen LogP contribution in [0.1, 0.15) is 26.1 Å². The molecule has 4 nitrogen and oxygen atoms in total. The Labute approximate surface area is 90.3 Å². The maximum absolute atomic E-state index is 11.2. The molecule has 1 atom stereocenters. The zero-order valence-corrected chi connectivity index (χ0v) is 9.56. The average Bonchev–Trinajstić information content (AvgIpc) is 2.65. The van der Waals surface area contributed by atoms with Crippen molar-refractivity contribution in [2.24, 2.45) is 5.92 Å². The molecule has 0 amide bonds. The summed E-state index contributed by atoms with van der Waals surface area (Å²) in [5.74, 6) is 0.642. The largest absolute Gasteiger partial charge is 0.469 e. The highest BCUT2D eigenvalue weighted by Crippen LogP contribution is 2.09. The minimum atomic E-state index is -0.180. The number of nitrogens with zero attached hydrogens (tertiary/aromatic N) is 2. The molecule has 0 bridgehead atoms. The van der Waals surface area contributed by atoms with Gasteiger partial charge in [0, 0.05) is 25.4 Å². The van der Waals surface area contributed by atoms with Gasteiger partial charge in [-0.1, -0.05) is 13.8 Å². The summed E-state index contributed by atoms with van der Waals surface area (Å²) in [7, 11) is 1.41. The molecule has 0 N–H and O–H groups in total. The van der Waals surface area contributed by atoms with Crippen LogP contribution in [0.5, 0.6) is 0 Å². The molecule has 1 unspecified atom stereocenters. The number of imidazole rings is 1. The molecule has 0 aliphatic rings. The molecule has 0 aliphatic carbocycles. The highest BCUT2D eigenvalue weighted by Gasteiger charge is 2.16. The zero-order valence-electron chi connectivity index (χ0n) is 9.56. The standard InChI is InChI=1S/C11H18N2O2/c1-4-6-13-7-5-12-10(13)8-9(2)11(14)15-3/h5,7,9H,4,6,8H2,1-3H3. The molecule has 4 heteroatoms. The van der Waals surface area contributed by atoms with Gasteiger partial charge in [-0.15, -0.1) is 0 Å². The summed E-state index contributed by atoms with van der Waals surface area (Å²) in [5.41, 5.74) is 0. The van der Waals surface area contributed by atoms with Gasteiger partial charge in [0.1, 0.15) is 5.82 Å². The van der Waals surface area contributed by atoms with E-state index < -0.39 is 0 Å². The van der Waals surface area contributed by atoms with Gasteiger partial charge in [-0.3, -0.25) is 4.79 Å². The number of ether oxygens (including phenoxy) is 1. The molecule has 15 heavy (non-hydrogen) atoms. The third-order valence-corrected chi connectivity index (χ3v) is 2.36. The number of carbonyl (C=O) groups excluding carboxylic acids is 1. The van der Waals surface area contributed by atoms with Crippen molar-refractivity contribution in [1.29, 1.82) is 0 Å². The predicted octanol–water partition coefficient (Wildman–Crippen LogP) is 1.64. The van der Waals surface area contributed by atoms with E-state index >= 15 is 0 Å². The van der Waals surface area contributed by atoms with Gasteiger partial charge in [-0.25, -0.2) is 4.98 Å². The van der Waals surface area contributed by atoms with Crippen molar-refractivity contribution in [2.75, 3.05) is 7.11 Å². The van der Waals surface area contributed by atoms with Gasteiger partial charge >= 0.3 is 5.97 Å². The number of hydrogen-bond donors (Lipinski definition) is 0. The summed E-state index contributed by atoms with van der Waals surface area (Å²) in [6.07, 6.45) is 5.42. The molecule has 0 fully saturated rings. The van der Waals surface area contributed by atoms with Crippen molar-refractivity contribution in [1.82, 2.24) is 9.55 Å². The molecule has 0 saturated heterocycles. The van der Waals surface area contributed by atoms with Crippen LogP contribution in [0.3, 0.4) is 0 Å². The lowest BCUT2D eigenvalue weighted by Gasteiger charge is -2.10. The van der Waals surface area contributed by atoms with Crippen molar-refractivity contribution in [3.05, 3.63) is 18.2 Å². The topological polar surface area (TPSA) is 44.1 Å². The highest BCUT2D eigenvalue weighted by atomic mass is 16.5. The van der Waals surface area contributed by atoms with Crippen LogP contribution in [0.4, 0.5) is 0 Å². The van der Waals surface area contributed by atoms with Gasteiger partial charge in [0.05, 0.1) is 13.0 Å². The summed E-state index contributed by atoms with van der Waals surface area (Å²) in [6, 6.07) is 0. The van der Waals surface area contributed by atoms with Gasteiger partial charge in [0.2, 0.25) is 0 Å². The second-order valence-corrected chi connectivity index (χ2v) is 3.67. The predicted molar refractivity (Wildman–Crippen MR) is 57.4 cm³/mol. The number of aromatic nitrogens is 2. The van der Waals surface area contributed by atoms with Gasteiger partial charge in [0.25, 0.3) is 0 Å². The molecular weight excluding hydrogens is 192 g/mol. The number of carbonyl (C=O) groups is 1. The molecule has 1 heterocycles. The second kappa shape index (κ2) is 5.53. The van der Waals surface area contributed by atoms with Crippen LogP contribution in [-0.2, 0) is 22.5 Å². The van der Waals surface area contributed by atoms with E-state index in [4.69, 9.17) is 0 Å². The molecule has 0 saturated carbocycles. The lowest BCUT2D eigenvalue weighted by Crippen LogP contribution is -2.17. The molecule has 0 radical (unpaired) electrons. The first-order chi connectivity index (χ1) is 7.19. The number of rotatable bonds is 5. The van der Waals surface area contributed by atoms with Crippen LogP contribution in [0.15, 0.2) is 12.4 Å². The minimum absolute atomic E-state index is 0.131. The Hall–Kier alpha value is -1.32. The van der Waals surface area contributed by atoms with E-state index in [1.54, 1.807) is 6.20 Å². The molecule has 1 rings (SSSR count). The SMILES string of the molecule is CCCn1ccnc1CC(C)C(=O)OC. The maximum Gasteiger partial charge on any atom is 0.308 e. The van der Waals surface area contributed by atoms with Crippen LogP contribution in [-0.4, -0.2) is 22.6 Å². The Kier molecular flexibility index (Phi) is 4.34. The van der Waals surface area contributed by atoms with Crippen LogP contribution in [0.25, 0.3) is 0 Å². The van der Waals surface area contributed by atoms with E-state index in [1.165, 1.54) is 7.11 Å². The Morgan fingerprint density at radius 2 is 2.40 bits per heavy atom. The normalized spacial score (nSPS) is 12.5. The Morgan fingerprint density at radius 1 is 1.67 bits per heavy atom. The molecule has 84 valence electrons. The van der Waals surface area contributed by atoms with Crippen LogP contribution in [0, 0.1) is 5.92 Å². The Morgan fingerprint density at radius 3 is 3.00 bits per heavy atom. The third kappa shape index (κ3) is 3.08. The Bertz CT molecular complexity index is 320. The summed E-state index contributed by atoms with van der Waals surface area (Å²) in [5, 5.41) is 0. The van der Waals surface area contributed by atoms with E-state index in [0.717, 1.165) is 18.8 Å². The molecule has 1 aromatic rings. The number of hydrogen-bond acceptors (Lipinski definition) is 3. The first-order valence-electron chi connectivity index (χ1n) is 5.26. The van der Waals surface area contributed by atoms with E-state index in [0.29, 0.717) is 6.42 Å². The lowest BCUT2D eigenvalue weighted by atomic mass is 10.1. The number of esters is 1. The van der Waals surface area contributed by atoms with E-state index in [-0.39, 0.29) is 11.9 Å². The van der Waals surface area contributed by atoms with Gasteiger partial charge in [-0.05, 0) is 6.42 Å². The van der Waals surface area contributed by atoms with Crippen LogP contribution in [0.2, 0.25) is 0 Å². The monoisotopic (exact) mass is 210 g/mol. The molecular formula is C11H18N2O2. The summed E-state index contributed by atoms with van der Waals surface area (Å²) in [6.45, 7) is 4.92. The summed E-state index contributed by atoms with van der Waals surface area (Å²) >= 11 is 0. The third-order valence-electron chi connectivity index (χ3n) is 2.36. The zero-order chi connectivity index (χ0) is 11.3. The van der Waals surface area contributed by atoms with Crippen LogP contribution >= 0.6 is 0 Å². The quantitative estimate of drug-likeness (QED) is 0.694. The summed E-state index contributed by atoms with van der Waals surface area (Å²) in [4.78, 5) is 15.5. The van der Waals surface area contributed by atoms with Crippen molar-refractivity contribution in [2.45, 2.75) is 33.2 Å². The van der Waals surface area contributed by atoms with Gasteiger partial charge in [0.15, 0.2) is 0 Å². The van der Waals surface area contributed by atoms with Gasteiger partial charge in [-0.2, -0.15) is 0 Å². The molecule has 1 aromatic heterocycles. The van der Waals surface area contributed by atoms with Crippen molar-refractivity contribution in [3.8, 4) is 0 Å². The molecule has 0 aromatic carbocycles. The molecule has 0 aliphatic heterocycles. The first kappa shape index (κ1) is 11.8. The highest BCUT2D eigenvalue weighted by molar-refractivity contribution is 5.72. The fourth-order valence-electron chi connectivity index (χ4n) is 1.53. The maximum atomic E-state index is 11.2. The van der Waals surface area contributed by atoms with Gasteiger partial charge < -0.3 is 9.30 Å². The molecule has 0 spiro atoms. The minimum Gasteiger partial charge on any atom is -0.469 e. The smallest absolute Gasteiger partial charge is 0.308 e. The van der Waals surface area contributed by atoms with Crippen molar-refractivity contribution < 1.29 is 9.53 Å². The fourth-order valence-corrected chi connectivity index (χ4v) is 1.53. The van der Waals surface area contributed by atoms with Crippen molar-refractivity contribution in [3.63, 3.8) is 0 Å². The first-order valence-corrected chi connectivity index (χ1v) is 5.26. The lowest BCUT2D eigenvalue weighted by molar-refractivity contribution is -0.144. The van der Waals surface area contributed by atoms with E-state index in [2.05, 4.69) is 21.2 Å². The van der Waals surface area contributed by atoms with E-state index in [9.17, 15) is 4.79 Å². The van der Waals surface area contributed by atoms with Crippen molar-refractivity contribution >= 4 is 5.97 Å². The number of methoxy groups -OCH3 is 1. The van der Waals surface area contributed by atoms with E-state index in [1.807, 2.05) is 13.1 Å². The summed E-state index contributed by atoms with van der Waals surface area (Å²) < 4.78 is 6.77. The average molecular weight is 210 g/mol. The Balaban J connectivity index is 2.63. The number of aryl methyl sites for hydroxylation is 1. The van der Waals surface area contributed by atoms with Crippen LogP contribution < -0.4 is 0 Å². The second-order valence-electron chi connectivity index (χ2n) is 3.67. The fraction of sp³-hybridized carbons (Fsp3) is 0.636.